The van der Waals surface area contributed by atoms with E-state index in [1.165, 1.54) is 0 Å². The van der Waals surface area contributed by atoms with Gasteiger partial charge in [0.1, 0.15) is 11.6 Å². The number of morpholine rings is 1. The number of hydrogen-bond donors (Lipinski definition) is 1. The SMILES string of the molecule is COc1ccc(C)cc1/C=N/Nc1cc(N2CCOCC2)n2nc(-c3ccccc3)cc2n1. The van der Waals surface area contributed by atoms with E-state index in [4.69, 9.17) is 19.6 Å². The van der Waals surface area contributed by atoms with Crippen LogP contribution in [-0.4, -0.2) is 54.2 Å². The summed E-state index contributed by atoms with van der Waals surface area (Å²) in [5.41, 5.74) is 7.81. The molecule has 0 unspecified atom stereocenters. The number of aromatic nitrogens is 3. The van der Waals surface area contributed by atoms with Gasteiger partial charge >= 0.3 is 0 Å². The number of anilines is 2. The molecule has 168 valence electrons. The van der Waals surface area contributed by atoms with Crippen LogP contribution in [0.25, 0.3) is 16.9 Å². The van der Waals surface area contributed by atoms with Gasteiger partial charge in [0.2, 0.25) is 0 Å². The van der Waals surface area contributed by atoms with E-state index in [0.717, 1.165) is 52.7 Å². The topological polar surface area (TPSA) is 76.3 Å². The summed E-state index contributed by atoms with van der Waals surface area (Å²) < 4.78 is 12.9. The van der Waals surface area contributed by atoms with Gasteiger partial charge in [-0.25, -0.2) is 4.98 Å². The monoisotopic (exact) mass is 442 g/mol. The Kier molecular flexibility index (Phi) is 5.91. The van der Waals surface area contributed by atoms with Gasteiger partial charge < -0.3 is 14.4 Å². The van der Waals surface area contributed by atoms with Gasteiger partial charge in [0.25, 0.3) is 0 Å². The summed E-state index contributed by atoms with van der Waals surface area (Å²) >= 11 is 0. The summed E-state index contributed by atoms with van der Waals surface area (Å²) in [5.74, 6) is 2.37. The van der Waals surface area contributed by atoms with E-state index >= 15 is 0 Å². The number of nitrogens with one attached hydrogen (secondary N) is 1. The molecule has 5 rings (SSSR count). The predicted octanol–water partition coefficient (Wildman–Crippen LogP) is 4.00. The highest BCUT2D eigenvalue weighted by Gasteiger charge is 2.18. The molecule has 2 aromatic carbocycles. The second kappa shape index (κ2) is 9.30. The fourth-order valence-electron chi connectivity index (χ4n) is 3.91. The highest BCUT2D eigenvalue weighted by Crippen LogP contribution is 2.26. The molecule has 0 bridgehead atoms. The summed E-state index contributed by atoms with van der Waals surface area (Å²) in [4.78, 5) is 7.02. The Morgan fingerprint density at radius 3 is 2.67 bits per heavy atom. The lowest BCUT2D eigenvalue weighted by atomic mass is 10.1. The molecule has 3 heterocycles. The molecule has 2 aromatic heterocycles. The van der Waals surface area contributed by atoms with E-state index in [-0.39, 0.29) is 0 Å². The van der Waals surface area contributed by atoms with Gasteiger partial charge in [0.15, 0.2) is 11.5 Å². The van der Waals surface area contributed by atoms with Crippen molar-refractivity contribution in [1.82, 2.24) is 14.6 Å². The van der Waals surface area contributed by atoms with Crippen LogP contribution < -0.4 is 15.1 Å². The van der Waals surface area contributed by atoms with Crippen molar-refractivity contribution in [2.24, 2.45) is 5.10 Å². The molecule has 0 amide bonds. The molecule has 0 radical (unpaired) electrons. The molecule has 8 nitrogen and oxygen atoms in total. The molecule has 4 aromatic rings. The Labute approximate surface area is 192 Å². The van der Waals surface area contributed by atoms with Crippen molar-refractivity contribution >= 4 is 23.5 Å². The van der Waals surface area contributed by atoms with Crippen LogP contribution >= 0.6 is 0 Å². The second-order valence-corrected chi connectivity index (χ2v) is 7.88. The van der Waals surface area contributed by atoms with Gasteiger partial charge in [0.05, 0.1) is 32.2 Å². The van der Waals surface area contributed by atoms with Crippen LogP contribution in [0.4, 0.5) is 11.6 Å². The maximum atomic E-state index is 5.55. The maximum Gasteiger partial charge on any atom is 0.160 e. The first-order chi connectivity index (χ1) is 16.2. The lowest BCUT2D eigenvalue weighted by Gasteiger charge is -2.29. The molecule has 1 N–H and O–H groups in total. The number of ether oxygens (including phenoxy) is 2. The molecule has 33 heavy (non-hydrogen) atoms. The molecular weight excluding hydrogens is 416 g/mol. The molecule has 1 aliphatic rings. The Bertz CT molecular complexity index is 1280. The molecule has 0 atom stereocenters. The first kappa shape index (κ1) is 21.0. The maximum absolute atomic E-state index is 5.55. The average Bonchev–Trinajstić information content (AvgIpc) is 3.29. The van der Waals surface area contributed by atoms with Crippen molar-refractivity contribution in [2.75, 3.05) is 43.7 Å². The van der Waals surface area contributed by atoms with E-state index in [9.17, 15) is 0 Å². The Hall–Kier alpha value is -3.91. The zero-order valence-corrected chi connectivity index (χ0v) is 18.7. The van der Waals surface area contributed by atoms with Crippen LogP contribution in [0.1, 0.15) is 11.1 Å². The van der Waals surface area contributed by atoms with Crippen LogP contribution in [0.3, 0.4) is 0 Å². The number of benzene rings is 2. The molecule has 1 saturated heterocycles. The van der Waals surface area contributed by atoms with Crippen LogP contribution in [-0.2, 0) is 4.74 Å². The van der Waals surface area contributed by atoms with E-state index in [1.807, 2.05) is 60.0 Å². The molecular formula is C25H26N6O2. The number of hydrogen-bond acceptors (Lipinski definition) is 7. The fourth-order valence-corrected chi connectivity index (χ4v) is 3.91. The minimum atomic E-state index is 0.645. The highest BCUT2D eigenvalue weighted by atomic mass is 16.5. The quantitative estimate of drug-likeness (QED) is 0.359. The predicted molar refractivity (Wildman–Crippen MR) is 130 cm³/mol. The number of methoxy groups -OCH3 is 1. The molecule has 8 heteroatoms. The molecule has 0 aliphatic carbocycles. The number of aryl methyl sites for hydroxylation is 1. The van der Waals surface area contributed by atoms with Gasteiger partial charge in [-0.2, -0.15) is 14.7 Å². The van der Waals surface area contributed by atoms with E-state index in [2.05, 4.69) is 27.6 Å². The van der Waals surface area contributed by atoms with Crippen molar-refractivity contribution < 1.29 is 9.47 Å². The highest BCUT2D eigenvalue weighted by molar-refractivity contribution is 5.84. The molecule has 0 spiro atoms. The van der Waals surface area contributed by atoms with Crippen molar-refractivity contribution in [1.29, 1.82) is 0 Å². The third kappa shape index (κ3) is 4.51. The fraction of sp³-hybridized carbons (Fsp3) is 0.240. The Balaban J connectivity index is 1.50. The first-order valence-corrected chi connectivity index (χ1v) is 10.9. The minimum absolute atomic E-state index is 0.645. The zero-order chi connectivity index (χ0) is 22.6. The number of hydrazone groups is 1. The number of fused-ring (bicyclic) bond motifs is 1. The second-order valence-electron chi connectivity index (χ2n) is 7.88. The van der Waals surface area contributed by atoms with Gasteiger partial charge in [-0.05, 0) is 19.1 Å². The van der Waals surface area contributed by atoms with Gasteiger partial charge in [-0.15, -0.1) is 0 Å². The lowest BCUT2D eigenvalue weighted by molar-refractivity contribution is 0.122. The van der Waals surface area contributed by atoms with Crippen LogP contribution in [0.2, 0.25) is 0 Å². The molecule has 0 saturated carbocycles. The summed E-state index contributed by atoms with van der Waals surface area (Å²) in [5, 5.41) is 9.28. The van der Waals surface area contributed by atoms with Crippen molar-refractivity contribution in [3.05, 3.63) is 71.8 Å². The molecule has 1 aliphatic heterocycles. The van der Waals surface area contributed by atoms with E-state index in [0.29, 0.717) is 19.0 Å². The average molecular weight is 443 g/mol. The van der Waals surface area contributed by atoms with Crippen LogP contribution in [0.5, 0.6) is 5.75 Å². The van der Waals surface area contributed by atoms with Gasteiger partial charge in [0, 0.05) is 36.3 Å². The summed E-state index contributed by atoms with van der Waals surface area (Å²) in [6.07, 6.45) is 1.75. The molecule has 1 fully saturated rings. The Morgan fingerprint density at radius 2 is 1.88 bits per heavy atom. The zero-order valence-electron chi connectivity index (χ0n) is 18.7. The van der Waals surface area contributed by atoms with Gasteiger partial charge in [-0.1, -0.05) is 42.0 Å². The van der Waals surface area contributed by atoms with E-state index in [1.54, 1.807) is 13.3 Å². The van der Waals surface area contributed by atoms with Crippen LogP contribution in [0.15, 0.2) is 65.8 Å². The van der Waals surface area contributed by atoms with Crippen molar-refractivity contribution in [2.45, 2.75) is 6.92 Å². The first-order valence-electron chi connectivity index (χ1n) is 10.9. The third-order valence-corrected chi connectivity index (χ3v) is 5.58. The minimum Gasteiger partial charge on any atom is -0.496 e. The standard InChI is InChI=1S/C25H26N6O2/c1-18-8-9-22(32-2)20(14-18)17-26-28-23-16-25(30-10-12-33-13-11-30)31-24(27-23)15-21(29-31)19-6-4-3-5-7-19/h3-9,14-17H,10-13H2,1-2H3,(H,27,28)/b26-17+. The van der Waals surface area contributed by atoms with E-state index < -0.39 is 0 Å². The largest absolute Gasteiger partial charge is 0.496 e. The smallest absolute Gasteiger partial charge is 0.160 e. The van der Waals surface area contributed by atoms with Gasteiger partial charge in [-0.3, -0.25) is 5.43 Å². The normalized spacial score (nSPS) is 14.2. The van der Waals surface area contributed by atoms with Crippen LogP contribution in [0, 0.1) is 6.92 Å². The summed E-state index contributed by atoms with van der Waals surface area (Å²) in [6, 6.07) is 20.1. The third-order valence-electron chi connectivity index (χ3n) is 5.58. The van der Waals surface area contributed by atoms with Crippen molar-refractivity contribution in [3.8, 4) is 17.0 Å². The van der Waals surface area contributed by atoms with Crippen molar-refractivity contribution in [3.63, 3.8) is 0 Å². The lowest BCUT2D eigenvalue weighted by Crippen LogP contribution is -2.37. The number of rotatable bonds is 6. The summed E-state index contributed by atoms with van der Waals surface area (Å²) in [7, 11) is 1.66. The number of nitrogens with zero attached hydrogens (tertiary/aromatic N) is 5. The summed E-state index contributed by atoms with van der Waals surface area (Å²) in [6.45, 7) is 5.00. The Morgan fingerprint density at radius 1 is 1.06 bits per heavy atom.